The Labute approximate surface area is 111 Å². The molecule has 2 atom stereocenters. The second-order valence-corrected chi connectivity index (χ2v) is 6.12. The highest BCUT2D eigenvalue weighted by Gasteiger charge is 2.25. The molecular weight excluding hydrogens is 226 g/mol. The highest BCUT2D eigenvalue weighted by molar-refractivity contribution is 5.78. The van der Waals surface area contributed by atoms with E-state index in [2.05, 4.69) is 24.1 Å². The average Bonchev–Trinajstić information content (AvgIpc) is 2.55. The van der Waals surface area contributed by atoms with Crippen LogP contribution in [0.25, 0.3) is 0 Å². The molecule has 1 amide bonds. The Morgan fingerprint density at radius 1 is 1.17 bits per heavy atom. The summed E-state index contributed by atoms with van der Waals surface area (Å²) in [6.07, 6.45) is 2.39. The van der Waals surface area contributed by atoms with Crippen molar-refractivity contribution in [2.24, 2.45) is 11.8 Å². The number of hydrogen-bond acceptors (Lipinski definition) is 3. The summed E-state index contributed by atoms with van der Waals surface area (Å²) in [4.78, 5) is 16.7. The van der Waals surface area contributed by atoms with E-state index in [1.54, 1.807) is 0 Å². The third-order valence-corrected chi connectivity index (χ3v) is 4.00. The number of carbonyl (C=O) groups is 1. The Kier molecular flexibility index (Phi) is 5.01. The molecule has 0 aliphatic carbocycles. The summed E-state index contributed by atoms with van der Waals surface area (Å²) >= 11 is 0. The Morgan fingerprint density at radius 2 is 1.89 bits per heavy atom. The predicted octanol–water partition coefficient (Wildman–Crippen LogP) is 0.786. The van der Waals surface area contributed by atoms with Crippen LogP contribution in [0.5, 0.6) is 0 Å². The summed E-state index contributed by atoms with van der Waals surface area (Å²) in [5.41, 5.74) is 0. The second-order valence-electron chi connectivity index (χ2n) is 6.12. The molecule has 0 radical (unpaired) electrons. The molecule has 4 heteroatoms. The van der Waals surface area contributed by atoms with Crippen LogP contribution in [-0.4, -0.2) is 61.5 Å². The van der Waals surface area contributed by atoms with E-state index in [-0.39, 0.29) is 0 Å². The van der Waals surface area contributed by atoms with Crippen molar-refractivity contribution in [1.82, 2.24) is 15.1 Å². The number of nitrogens with zero attached hydrogens (tertiary/aromatic N) is 2. The third-order valence-electron chi connectivity index (χ3n) is 4.00. The average molecular weight is 253 g/mol. The van der Waals surface area contributed by atoms with E-state index in [4.69, 9.17) is 0 Å². The molecule has 0 aromatic heterocycles. The number of rotatable bonds is 2. The number of nitrogens with one attached hydrogen (secondary N) is 1. The third kappa shape index (κ3) is 3.95. The summed E-state index contributed by atoms with van der Waals surface area (Å²) in [5.74, 6) is 1.78. The minimum atomic E-state index is 0.319. The minimum absolute atomic E-state index is 0.319. The lowest BCUT2D eigenvalue weighted by Crippen LogP contribution is -2.46. The monoisotopic (exact) mass is 253 g/mol. The molecule has 0 bridgehead atoms. The van der Waals surface area contributed by atoms with Crippen LogP contribution in [0.2, 0.25) is 0 Å². The molecule has 2 rings (SSSR count). The maximum absolute atomic E-state index is 12.3. The lowest BCUT2D eigenvalue weighted by atomic mass is 9.92. The van der Waals surface area contributed by atoms with Gasteiger partial charge in [-0.2, -0.15) is 0 Å². The summed E-state index contributed by atoms with van der Waals surface area (Å²) in [6.45, 7) is 11.2. The molecule has 104 valence electrons. The van der Waals surface area contributed by atoms with E-state index in [0.29, 0.717) is 12.5 Å². The molecule has 18 heavy (non-hydrogen) atoms. The van der Waals surface area contributed by atoms with Gasteiger partial charge in [-0.3, -0.25) is 9.69 Å². The molecule has 2 heterocycles. The van der Waals surface area contributed by atoms with Crippen LogP contribution in [0.1, 0.15) is 26.7 Å². The lowest BCUT2D eigenvalue weighted by Gasteiger charge is -2.35. The highest BCUT2D eigenvalue weighted by Crippen LogP contribution is 2.20. The van der Waals surface area contributed by atoms with Gasteiger partial charge in [-0.05, 0) is 31.2 Å². The van der Waals surface area contributed by atoms with E-state index < -0.39 is 0 Å². The number of amides is 1. The Balaban J connectivity index is 1.82. The fourth-order valence-corrected chi connectivity index (χ4v) is 3.31. The maximum Gasteiger partial charge on any atom is 0.236 e. The van der Waals surface area contributed by atoms with Gasteiger partial charge in [-0.1, -0.05) is 13.8 Å². The van der Waals surface area contributed by atoms with E-state index in [0.717, 1.165) is 57.5 Å². The maximum atomic E-state index is 12.3. The normalized spacial score (nSPS) is 31.1. The minimum Gasteiger partial charge on any atom is -0.340 e. The van der Waals surface area contributed by atoms with E-state index in [1.165, 1.54) is 6.42 Å². The van der Waals surface area contributed by atoms with Gasteiger partial charge in [0.15, 0.2) is 0 Å². The van der Waals surface area contributed by atoms with Crippen LogP contribution >= 0.6 is 0 Å². The van der Waals surface area contributed by atoms with Gasteiger partial charge in [0.1, 0.15) is 0 Å². The predicted molar refractivity (Wildman–Crippen MR) is 73.5 cm³/mol. The molecule has 0 aromatic carbocycles. The molecule has 2 fully saturated rings. The van der Waals surface area contributed by atoms with Crippen molar-refractivity contribution < 1.29 is 4.79 Å². The van der Waals surface area contributed by atoms with Gasteiger partial charge in [0.2, 0.25) is 5.91 Å². The number of carbonyl (C=O) groups excluding carboxylic acids is 1. The van der Waals surface area contributed by atoms with E-state index in [9.17, 15) is 4.79 Å². The molecule has 0 saturated carbocycles. The summed E-state index contributed by atoms with van der Waals surface area (Å²) in [5, 5.41) is 3.34. The van der Waals surface area contributed by atoms with Crippen molar-refractivity contribution in [3.05, 3.63) is 0 Å². The molecule has 2 unspecified atom stereocenters. The Hall–Kier alpha value is -0.610. The zero-order valence-corrected chi connectivity index (χ0v) is 11.8. The SMILES string of the molecule is CC1CC(C)CN(CC(=O)N2CCCNCC2)C1. The molecule has 1 N–H and O–H groups in total. The zero-order chi connectivity index (χ0) is 13.0. The topological polar surface area (TPSA) is 35.6 Å². The van der Waals surface area contributed by atoms with Gasteiger partial charge in [-0.25, -0.2) is 0 Å². The van der Waals surface area contributed by atoms with E-state index in [1.807, 2.05) is 4.90 Å². The summed E-state index contributed by atoms with van der Waals surface area (Å²) in [7, 11) is 0. The smallest absolute Gasteiger partial charge is 0.236 e. The van der Waals surface area contributed by atoms with Crippen molar-refractivity contribution in [2.45, 2.75) is 26.7 Å². The Morgan fingerprint density at radius 3 is 2.61 bits per heavy atom. The molecule has 2 aliphatic rings. The lowest BCUT2D eigenvalue weighted by molar-refractivity contribution is -0.132. The first-order chi connectivity index (χ1) is 8.65. The zero-order valence-electron chi connectivity index (χ0n) is 11.8. The standard InChI is InChI=1S/C14H27N3O/c1-12-8-13(2)10-16(9-12)11-14(18)17-6-3-4-15-5-7-17/h12-13,15H,3-11H2,1-2H3. The van der Waals surface area contributed by atoms with Gasteiger partial charge < -0.3 is 10.2 Å². The van der Waals surface area contributed by atoms with Gasteiger partial charge in [0, 0.05) is 32.7 Å². The Bertz CT molecular complexity index is 264. The van der Waals surface area contributed by atoms with Crippen LogP contribution in [0, 0.1) is 11.8 Å². The second kappa shape index (κ2) is 6.53. The number of piperidine rings is 1. The summed E-state index contributed by atoms with van der Waals surface area (Å²) in [6, 6.07) is 0. The molecular formula is C14H27N3O. The van der Waals surface area contributed by atoms with Crippen molar-refractivity contribution in [3.8, 4) is 0 Å². The molecule has 0 spiro atoms. The molecule has 0 aromatic rings. The fourth-order valence-electron chi connectivity index (χ4n) is 3.31. The van der Waals surface area contributed by atoms with Gasteiger partial charge in [-0.15, -0.1) is 0 Å². The first kappa shape index (κ1) is 13.8. The van der Waals surface area contributed by atoms with Crippen molar-refractivity contribution in [2.75, 3.05) is 45.8 Å². The van der Waals surface area contributed by atoms with Crippen LogP contribution < -0.4 is 5.32 Å². The quantitative estimate of drug-likeness (QED) is 0.790. The van der Waals surface area contributed by atoms with Crippen LogP contribution in [-0.2, 0) is 4.79 Å². The number of hydrogen-bond donors (Lipinski definition) is 1. The van der Waals surface area contributed by atoms with Crippen LogP contribution in [0.15, 0.2) is 0 Å². The van der Waals surface area contributed by atoms with Crippen LogP contribution in [0.3, 0.4) is 0 Å². The van der Waals surface area contributed by atoms with E-state index >= 15 is 0 Å². The number of likely N-dealkylation sites (tertiary alicyclic amines) is 1. The first-order valence-corrected chi connectivity index (χ1v) is 7.36. The molecule has 2 aliphatic heterocycles. The van der Waals surface area contributed by atoms with Gasteiger partial charge >= 0.3 is 0 Å². The largest absolute Gasteiger partial charge is 0.340 e. The van der Waals surface area contributed by atoms with Crippen LogP contribution in [0.4, 0.5) is 0 Å². The summed E-state index contributed by atoms with van der Waals surface area (Å²) < 4.78 is 0. The fraction of sp³-hybridized carbons (Fsp3) is 0.929. The van der Waals surface area contributed by atoms with Gasteiger partial charge in [0.05, 0.1) is 6.54 Å². The molecule has 2 saturated heterocycles. The van der Waals surface area contributed by atoms with Gasteiger partial charge in [0.25, 0.3) is 0 Å². The highest BCUT2D eigenvalue weighted by atomic mass is 16.2. The van der Waals surface area contributed by atoms with Crippen molar-refractivity contribution in [1.29, 1.82) is 0 Å². The van der Waals surface area contributed by atoms with Crippen molar-refractivity contribution >= 4 is 5.91 Å². The molecule has 4 nitrogen and oxygen atoms in total. The van der Waals surface area contributed by atoms with Crippen molar-refractivity contribution in [3.63, 3.8) is 0 Å². The first-order valence-electron chi connectivity index (χ1n) is 7.36.